The Hall–Kier alpha value is -1.17. The number of aromatic nitrogens is 1. The second-order valence-electron chi connectivity index (χ2n) is 3.10. The molecule has 102 valence electrons. The van der Waals surface area contributed by atoms with Gasteiger partial charge in [-0.2, -0.15) is 10.0 Å². The van der Waals surface area contributed by atoms with E-state index in [9.17, 15) is 4.79 Å². The largest absolute Gasteiger partial charge is 0.441 e. The van der Waals surface area contributed by atoms with Crippen LogP contribution in [0.2, 0.25) is 0 Å². The molecule has 0 bridgehead atoms. The van der Waals surface area contributed by atoms with Gasteiger partial charge in [0.15, 0.2) is 0 Å². The molecule has 0 aliphatic carbocycles. The molecule has 0 saturated carbocycles. The van der Waals surface area contributed by atoms with Crippen molar-refractivity contribution in [3.8, 4) is 0 Å². The monoisotopic (exact) mass is 283 g/mol. The second kappa shape index (κ2) is 6.13. The number of rotatable bonds is 6. The van der Waals surface area contributed by atoms with Crippen LogP contribution in [0.3, 0.4) is 0 Å². The maximum atomic E-state index is 10.9. The normalized spacial score (nSPS) is 14.6. The van der Waals surface area contributed by atoms with Gasteiger partial charge in [0.05, 0.1) is 0 Å². The fraction of sp³-hybridized carbons (Fsp3) is 0.333. The van der Waals surface area contributed by atoms with Crippen molar-refractivity contribution >= 4 is 13.8 Å². The maximum absolute atomic E-state index is 10.9. The van der Waals surface area contributed by atoms with Gasteiger partial charge in [-0.15, -0.1) is 0 Å². The van der Waals surface area contributed by atoms with Crippen molar-refractivity contribution in [3.63, 3.8) is 0 Å². The van der Waals surface area contributed by atoms with Gasteiger partial charge in [0.1, 0.15) is 30.6 Å². The molecule has 12 heteroatoms. The van der Waals surface area contributed by atoms with Crippen LogP contribution in [0.15, 0.2) is 10.7 Å². The minimum Gasteiger partial charge on any atom is -0.441 e. The zero-order chi connectivity index (χ0) is 13.8. The maximum Gasteiger partial charge on any atom is 0.372 e. The summed E-state index contributed by atoms with van der Waals surface area (Å²) in [5, 5.41) is 24.6. The molecule has 18 heavy (non-hydrogen) atoms. The summed E-state index contributed by atoms with van der Waals surface area (Å²) in [5.74, 6) is -1.28. The van der Waals surface area contributed by atoms with Crippen LogP contribution in [-0.4, -0.2) is 38.6 Å². The van der Waals surface area contributed by atoms with E-state index in [2.05, 4.69) is 9.61 Å². The Bertz CT molecular complexity index is 408. The first-order valence-corrected chi connectivity index (χ1v) is 6.54. The number of oxazole rings is 1. The fourth-order valence-electron chi connectivity index (χ4n) is 0.888. The number of nitrogens with zero attached hydrogens (tertiary/aromatic N) is 2. The molecule has 6 N–H and O–H groups in total. The van der Waals surface area contributed by atoms with Crippen molar-refractivity contribution in [2.45, 2.75) is 6.61 Å². The molecule has 1 heterocycles. The molecule has 1 rings (SSSR count). The third-order valence-corrected chi connectivity index (χ3v) is 2.66. The van der Waals surface area contributed by atoms with Gasteiger partial charge in [-0.1, -0.05) is 0 Å². The van der Waals surface area contributed by atoms with Gasteiger partial charge >= 0.3 is 13.8 Å². The predicted octanol–water partition coefficient (Wildman–Crippen LogP) is -0.327. The summed E-state index contributed by atoms with van der Waals surface area (Å²) in [4.78, 5) is 14.6. The van der Waals surface area contributed by atoms with E-state index in [-0.39, 0.29) is 18.2 Å². The first kappa shape index (κ1) is 14.9. The van der Waals surface area contributed by atoms with Gasteiger partial charge in [-0.25, -0.2) is 10.5 Å². The zero-order valence-electron chi connectivity index (χ0n) is 9.18. The van der Waals surface area contributed by atoms with Crippen LogP contribution in [0.5, 0.6) is 0 Å². The molecule has 0 spiro atoms. The Morgan fingerprint density at radius 3 is 2.94 bits per heavy atom. The van der Waals surface area contributed by atoms with E-state index in [0.717, 1.165) is 6.26 Å². The van der Waals surface area contributed by atoms with Crippen molar-refractivity contribution in [1.82, 2.24) is 15.9 Å². The molecule has 1 unspecified atom stereocenters. The molecule has 1 atom stereocenters. The standard InChI is InChI=1S/C6H11N4O7P/c1-18(7,17-10(13)14)16-3-4-2-15-6(8-4)5(11)9-12/h2,13-14H,3,7H2,1H3,(H-,8,9,11,12)/p+1. The summed E-state index contributed by atoms with van der Waals surface area (Å²) in [5.41, 5.74) is 7.03. The third kappa shape index (κ3) is 4.60. The van der Waals surface area contributed by atoms with E-state index < -0.39 is 19.2 Å². The number of nitrogens with one attached hydrogen (secondary N) is 1. The average Bonchev–Trinajstić information content (AvgIpc) is 2.72. The molecule has 0 aromatic carbocycles. The topological polar surface area (TPSA) is 164 Å². The van der Waals surface area contributed by atoms with Crippen LogP contribution in [0, 0.1) is 0 Å². The Balaban J connectivity index is 2.53. The van der Waals surface area contributed by atoms with E-state index >= 15 is 0 Å². The van der Waals surface area contributed by atoms with Crippen LogP contribution in [0.1, 0.15) is 16.4 Å². The van der Waals surface area contributed by atoms with E-state index in [1.165, 1.54) is 12.1 Å². The first-order chi connectivity index (χ1) is 8.34. The summed E-state index contributed by atoms with van der Waals surface area (Å²) in [6.07, 6.45) is 1.11. The van der Waals surface area contributed by atoms with Gasteiger partial charge in [-0.05, 0) is 4.62 Å². The summed E-state index contributed by atoms with van der Waals surface area (Å²) in [6.45, 7) is 1.13. The fourth-order valence-corrected chi connectivity index (χ4v) is 1.61. The summed E-state index contributed by atoms with van der Waals surface area (Å²) >= 11 is 0. The highest BCUT2D eigenvalue weighted by molar-refractivity contribution is 7.63. The highest BCUT2D eigenvalue weighted by Gasteiger charge is 2.35. The zero-order valence-corrected chi connectivity index (χ0v) is 10.1. The highest BCUT2D eigenvalue weighted by atomic mass is 31.2. The number of carbonyl (C=O) groups excluding carboxylic acids is 1. The Labute approximate surface area is 101 Å². The number of hydrogen-bond donors (Lipinski definition) is 5. The number of amides is 1. The lowest BCUT2D eigenvalue weighted by Gasteiger charge is -2.13. The summed E-state index contributed by atoms with van der Waals surface area (Å²) < 4.78 is 14.1. The average molecular weight is 283 g/mol. The summed E-state index contributed by atoms with van der Waals surface area (Å²) in [7, 11) is -2.99. The minimum absolute atomic E-state index is 0.184. The van der Waals surface area contributed by atoms with Crippen molar-refractivity contribution < 1.29 is 34.0 Å². The lowest BCUT2D eigenvalue weighted by atomic mass is 10.5. The van der Waals surface area contributed by atoms with Gasteiger partial charge in [0, 0.05) is 0 Å². The molecular weight excluding hydrogens is 271 g/mol. The summed E-state index contributed by atoms with van der Waals surface area (Å²) in [6, 6.07) is 0. The van der Waals surface area contributed by atoms with E-state index in [0.29, 0.717) is 0 Å². The lowest BCUT2D eigenvalue weighted by Crippen LogP contribution is -2.21. The van der Waals surface area contributed by atoms with E-state index in [1.807, 2.05) is 0 Å². The van der Waals surface area contributed by atoms with Crippen LogP contribution in [-0.2, 0) is 15.8 Å². The minimum atomic E-state index is -2.99. The molecular formula is C6H12N4O7P+. The molecule has 0 fully saturated rings. The molecule has 0 saturated heterocycles. The van der Waals surface area contributed by atoms with Crippen LogP contribution < -0.4 is 11.0 Å². The third-order valence-electron chi connectivity index (χ3n) is 1.55. The lowest BCUT2D eigenvalue weighted by molar-refractivity contribution is -0.454. The van der Waals surface area contributed by atoms with Gasteiger partial charge < -0.3 is 4.42 Å². The van der Waals surface area contributed by atoms with Crippen LogP contribution in [0.4, 0.5) is 0 Å². The molecule has 11 nitrogen and oxygen atoms in total. The molecule has 1 amide bonds. The van der Waals surface area contributed by atoms with Gasteiger partial charge in [0.2, 0.25) is 0 Å². The molecule has 0 radical (unpaired) electrons. The van der Waals surface area contributed by atoms with Gasteiger partial charge in [-0.3, -0.25) is 20.4 Å². The molecule has 0 aliphatic heterocycles. The Morgan fingerprint density at radius 1 is 1.72 bits per heavy atom. The molecule has 1 aromatic heterocycles. The Kier molecular flexibility index (Phi) is 5.07. The van der Waals surface area contributed by atoms with Crippen LogP contribution in [0.25, 0.3) is 0 Å². The first-order valence-electron chi connectivity index (χ1n) is 4.40. The second-order valence-corrected chi connectivity index (χ2v) is 5.34. The van der Waals surface area contributed by atoms with Gasteiger partial charge in [0.25, 0.3) is 5.89 Å². The Morgan fingerprint density at radius 2 is 2.39 bits per heavy atom. The van der Waals surface area contributed by atoms with E-state index in [4.69, 9.17) is 30.1 Å². The smallest absolute Gasteiger partial charge is 0.372 e. The van der Waals surface area contributed by atoms with E-state index in [1.54, 1.807) is 0 Å². The SMILES string of the molecule is C[P+](N)(OCc1coc(C(=O)NO)n1)ON(O)O. The van der Waals surface area contributed by atoms with Crippen molar-refractivity contribution in [2.24, 2.45) is 5.50 Å². The molecule has 1 aromatic rings. The predicted molar refractivity (Wildman–Crippen MR) is 54.1 cm³/mol. The van der Waals surface area contributed by atoms with Crippen molar-refractivity contribution in [2.75, 3.05) is 6.66 Å². The number of hydroxylamine groups is 1. The van der Waals surface area contributed by atoms with Crippen LogP contribution >= 0.6 is 7.87 Å². The molecule has 0 aliphatic rings. The number of carbonyl (C=O) groups is 1. The quantitative estimate of drug-likeness (QED) is 0.265. The highest BCUT2D eigenvalue weighted by Crippen LogP contribution is 2.49. The van der Waals surface area contributed by atoms with Crippen molar-refractivity contribution in [3.05, 3.63) is 17.8 Å². The number of nitrogens with two attached hydrogens (primary N) is 1. The van der Waals surface area contributed by atoms with Crippen molar-refractivity contribution in [1.29, 1.82) is 0 Å². The number of hydrogen-bond acceptors (Lipinski definition) is 10.